The molecule has 20 heavy (non-hydrogen) atoms. The van der Waals surface area contributed by atoms with Crippen molar-refractivity contribution >= 4 is 27.5 Å². The van der Waals surface area contributed by atoms with Gasteiger partial charge >= 0.3 is 0 Å². The van der Waals surface area contributed by atoms with Crippen LogP contribution < -0.4 is 16.0 Å². The minimum Gasteiger partial charge on any atom is -0.435 e. The second-order valence-corrected chi connectivity index (χ2v) is 5.34. The fourth-order valence-electron chi connectivity index (χ4n) is 1.79. The van der Waals surface area contributed by atoms with Crippen molar-refractivity contribution < 1.29 is 9.13 Å². The van der Waals surface area contributed by atoms with E-state index in [1.807, 2.05) is 13.0 Å². The highest BCUT2D eigenvalue weighted by molar-refractivity contribution is 7.18. The number of fused-ring (bicyclic) bond motifs is 1. The lowest BCUT2D eigenvalue weighted by Crippen LogP contribution is -2.10. The Labute approximate surface area is 118 Å². The Balaban J connectivity index is 2.12. The average molecular weight is 290 g/mol. The summed E-state index contributed by atoms with van der Waals surface area (Å²) in [7, 11) is 0. The number of nitrogens with one attached hydrogen (secondary N) is 1. The summed E-state index contributed by atoms with van der Waals surface area (Å²) in [5.74, 6) is 5.50. The second kappa shape index (κ2) is 5.03. The molecule has 0 radical (unpaired) electrons. The van der Waals surface area contributed by atoms with Gasteiger partial charge < -0.3 is 4.74 Å². The van der Waals surface area contributed by atoms with Gasteiger partial charge in [-0.25, -0.2) is 15.2 Å². The molecule has 102 valence electrons. The molecule has 2 heterocycles. The summed E-state index contributed by atoms with van der Waals surface area (Å²) in [6, 6.07) is 8.06. The number of benzene rings is 1. The van der Waals surface area contributed by atoms with Crippen molar-refractivity contribution in [3.8, 4) is 11.6 Å². The standard InChI is InChI=1S/C13H11FN4OS/c1-7-6-8-11(16-13(18-15)17-12(8)20-7)19-10-5-3-2-4-9(10)14/h2-6H,15H2,1H3,(H,16,17,18). The number of aromatic nitrogens is 2. The molecule has 0 unspecified atom stereocenters. The normalized spacial score (nSPS) is 10.8. The van der Waals surface area contributed by atoms with E-state index in [4.69, 9.17) is 10.6 Å². The van der Waals surface area contributed by atoms with E-state index in [9.17, 15) is 4.39 Å². The molecule has 2 aromatic heterocycles. The molecule has 5 nitrogen and oxygen atoms in total. The zero-order valence-corrected chi connectivity index (χ0v) is 11.4. The molecule has 7 heteroatoms. The predicted molar refractivity (Wildman–Crippen MR) is 76.4 cm³/mol. The van der Waals surface area contributed by atoms with Gasteiger partial charge in [0.2, 0.25) is 11.8 Å². The number of thiophene rings is 1. The molecule has 1 aromatic carbocycles. The van der Waals surface area contributed by atoms with E-state index >= 15 is 0 Å². The number of nitrogens with zero attached hydrogens (tertiary/aromatic N) is 2. The van der Waals surface area contributed by atoms with E-state index < -0.39 is 5.82 Å². The van der Waals surface area contributed by atoms with Gasteiger partial charge in [-0.3, -0.25) is 5.43 Å². The Hall–Kier alpha value is -2.25. The Bertz CT molecular complexity index is 774. The molecule has 0 fully saturated rings. The Kier molecular flexibility index (Phi) is 3.21. The topological polar surface area (TPSA) is 73.1 Å². The minimum absolute atomic E-state index is 0.110. The molecule has 0 saturated carbocycles. The van der Waals surface area contributed by atoms with E-state index in [0.717, 1.165) is 15.1 Å². The summed E-state index contributed by atoms with van der Waals surface area (Å²) in [6.45, 7) is 1.95. The molecule has 3 rings (SSSR count). The maximum atomic E-state index is 13.7. The molecular weight excluding hydrogens is 279 g/mol. The second-order valence-electron chi connectivity index (χ2n) is 4.11. The number of hydrogen-bond donors (Lipinski definition) is 2. The van der Waals surface area contributed by atoms with Gasteiger partial charge in [-0.2, -0.15) is 4.98 Å². The number of halogens is 1. The van der Waals surface area contributed by atoms with Crippen LogP contribution in [0, 0.1) is 12.7 Å². The van der Waals surface area contributed by atoms with Crippen LogP contribution in [-0.4, -0.2) is 9.97 Å². The largest absolute Gasteiger partial charge is 0.435 e. The Morgan fingerprint density at radius 2 is 2.10 bits per heavy atom. The van der Waals surface area contributed by atoms with Gasteiger partial charge in [0.15, 0.2) is 11.6 Å². The van der Waals surface area contributed by atoms with Crippen LogP contribution in [0.1, 0.15) is 4.88 Å². The highest BCUT2D eigenvalue weighted by Gasteiger charge is 2.13. The number of nitrogens with two attached hydrogens (primary N) is 1. The monoisotopic (exact) mass is 290 g/mol. The smallest absolute Gasteiger partial charge is 0.241 e. The Morgan fingerprint density at radius 3 is 2.85 bits per heavy atom. The number of hydrogen-bond acceptors (Lipinski definition) is 6. The van der Waals surface area contributed by atoms with Crippen molar-refractivity contribution in [1.29, 1.82) is 0 Å². The van der Waals surface area contributed by atoms with Crippen molar-refractivity contribution in [3.05, 3.63) is 41.0 Å². The fourth-order valence-corrected chi connectivity index (χ4v) is 2.66. The number of para-hydroxylation sites is 1. The van der Waals surface area contributed by atoms with Crippen molar-refractivity contribution in [2.45, 2.75) is 6.92 Å². The van der Waals surface area contributed by atoms with Crippen LogP contribution in [0.4, 0.5) is 10.3 Å². The summed E-state index contributed by atoms with van der Waals surface area (Å²) in [5.41, 5.74) is 2.38. The lowest BCUT2D eigenvalue weighted by Gasteiger charge is -2.08. The third kappa shape index (κ3) is 2.28. The first-order chi connectivity index (χ1) is 9.67. The van der Waals surface area contributed by atoms with Crippen molar-refractivity contribution in [2.75, 3.05) is 5.43 Å². The van der Waals surface area contributed by atoms with Crippen molar-refractivity contribution in [2.24, 2.45) is 5.84 Å². The van der Waals surface area contributed by atoms with Crippen LogP contribution in [0.25, 0.3) is 10.2 Å². The average Bonchev–Trinajstić information content (AvgIpc) is 2.81. The zero-order chi connectivity index (χ0) is 14.1. The number of anilines is 1. The SMILES string of the molecule is Cc1cc2c(Oc3ccccc3F)nc(NN)nc2s1. The van der Waals surface area contributed by atoms with E-state index in [1.54, 1.807) is 12.1 Å². The van der Waals surface area contributed by atoms with Gasteiger partial charge in [-0.05, 0) is 25.1 Å². The first kappa shape index (κ1) is 12.8. The molecule has 0 atom stereocenters. The quantitative estimate of drug-likeness (QED) is 0.572. The van der Waals surface area contributed by atoms with Gasteiger partial charge in [-0.1, -0.05) is 12.1 Å². The molecule has 0 aliphatic heterocycles. The van der Waals surface area contributed by atoms with Crippen LogP contribution in [-0.2, 0) is 0 Å². The summed E-state index contributed by atoms with van der Waals surface area (Å²) >= 11 is 1.49. The van der Waals surface area contributed by atoms with Gasteiger partial charge in [-0.15, -0.1) is 11.3 Å². The number of nitrogen functional groups attached to an aromatic ring is 1. The summed E-state index contributed by atoms with van der Waals surface area (Å²) in [6.07, 6.45) is 0. The molecule has 0 saturated heterocycles. The maximum Gasteiger partial charge on any atom is 0.241 e. The number of aryl methyl sites for hydroxylation is 1. The molecule has 0 aliphatic carbocycles. The molecule has 0 amide bonds. The van der Waals surface area contributed by atoms with E-state index in [0.29, 0.717) is 0 Å². The zero-order valence-electron chi connectivity index (χ0n) is 10.6. The number of ether oxygens (including phenoxy) is 1. The van der Waals surface area contributed by atoms with Crippen molar-refractivity contribution in [3.63, 3.8) is 0 Å². The molecule has 0 spiro atoms. The van der Waals surface area contributed by atoms with E-state index in [2.05, 4.69) is 15.4 Å². The van der Waals surface area contributed by atoms with Crippen LogP contribution in [0.2, 0.25) is 0 Å². The fraction of sp³-hybridized carbons (Fsp3) is 0.0769. The third-order valence-electron chi connectivity index (χ3n) is 2.65. The van der Waals surface area contributed by atoms with Crippen LogP contribution in [0.15, 0.2) is 30.3 Å². The molecule has 0 bridgehead atoms. The predicted octanol–water partition coefficient (Wildman–Crippen LogP) is 3.22. The van der Waals surface area contributed by atoms with Crippen LogP contribution in [0.3, 0.4) is 0 Å². The van der Waals surface area contributed by atoms with Gasteiger partial charge in [0.25, 0.3) is 0 Å². The highest BCUT2D eigenvalue weighted by atomic mass is 32.1. The van der Waals surface area contributed by atoms with Crippen LogP contribution in [0.5, 0.6) is 11.6 Å². The first-order valence-corrected chi connectivity index (χ1v) is 6.66. The summed E-state index contributed by atoms with van der Waals surface area (Å²) < 4.78 is 19.2. The lowest BCUT2D eigenvalue weighted by atomic mass is 10.3. The summed E-state index contributed by atoms with van der Waals surface area (Å²) in [4.78, 5) is 10.2. The van der Waals surface area contributed by atoms with E-state index in [1.165, 1.54) is 23.5 Å². The summed E-state index contributed by atoms with van der Waals surface area (Å²) in [5, 5.41) is 0.731. The molecular formula is C13H11FN4OS. The highest BCUT2D eigenvalue weighted by Crippen LogP contribution is 2.34. The van der Waals surface area contributed by atoms with Crippen LogP contribution >= 0.6 is 11.3 Å². The number of hydrazine groups is 1. The minimum atomic E-state index is -0.450. The van der Waals surface area contributed by atoms with E-state index in [-0.39, 0.29) is 17.6 Å². The van der Waals surface area contributed by atoms with Gasteiger partial charge in [0.05, 0.1) is 5.39 Å². The lowest BCUT2D eigenvalue weighted by molar-refractivity contribution is 0.432. The third-order valence-corrected chi connectivity index (χ3v) is 3.60. The molecule has 3 aromatic rings. The molecule has 0 aliphatic rings. The first-order valence-electron chi connectivity index (χ1n) is 5.84. The Morgan fingerprint density at radius 1 is 1.30 bits per heavy atom. The van der Waals surface area contributed by atoms with Gasteiger partial charge in [0, 0.05) is 4.88 Å². The molecule has 3 N–H and O–H groups in total. The van der Waals surface area contributed by atoms with Gasteiger partial charge in [0.1, 0.15) is 4.83 Å². The maximum absolute atomic E-state index is 13.7. The number of rotatable bonds is 3. The van der Waals surface area contributed by atoms with Crippen molar-refractivity contribution in [1.82, 2.24) is 9.97 Å².